The lowest BCUT2D eigenvalue weighted by Crippen LogP contribution is -2.31. The Morgan fingerprint density at radius 2 is 1.93 bits per heavy atom. The van der Waals surface area contributed by atoms with Crippen molar-refractivity contribution >= 4 is 39.2 Å². The first-order valence-corrected chi connectivity index (χ1v) is 10.9. The van der Waals surface area contributed by atoms with Gasteiger partial charge in [-0.1, -0.05) is 25.4 Å². The molecule has 0 spiro atoms. The first-order valence-electron chi connectivity index (χ1n) is 9.03. The SMILES string of the molecule is CCN(CC)S(=O)(=O)c1ccc(F)c(C(=O)OC(C)C(=O)Nc2cccnc2Cl)c1. The van der Waals surface area contributed by atoms with Gasteiger partial charge in [-0.05, 0) is 37.3 Å². The minimum Gasteiger partial charge on any atom is -0.449 e. The number of rotatable bonds is 8. The van der Waals surface area contributed by atoms with Gasteiger partial charge in [0.1, 0.15) is 5.82 Å². The Morgan fingerprint density at radius 1 is 1.27 bits per heavy atom. The average molecular weight is 458 g/mol. The molecular formula is C19H21ClFN3O5S. The second-order valence-corrected chi connectivity index (χ2v) is 8.41. The van der Waals surface area contributed by atoms with Gasteiger partial charge in [0, 0.05) is 19.3 Å². The van der Waals surface area contributed by atoms with Crippen LogP contribution in [0, 0.1) is 5.82 Å². The Balaban J connectivity index is 2.20. The molecule has 0 fully saturated rings. The molecular weight excluding hydrogens is 437 g/mol. The summed E-state index contributed by atoms with van der Waals surface area (Å²) >= 11 is 5.86. The van der Waals surface area contributed by atoms with E-state index in [-0.39, 0.29) is 28.8 Å². The molecule has 0 aliphatic rings. The van der Waals surface area contributed by atoms with Crippen molar-refractivity contribution in [2.75, 3.05) is 18.4 Å². The lowest BCUT2D eigenvalue weighted by atomic mass is 10.2. The number of hydrogen-bond acceptors (Lipinski definition) is 6. The fourth-order valence-electron chi connectivity index (χ4n) is 2.53. The van der Waals surface area contributed by atoms with E-state index in [1.165, 1.54) is 23.5 Å². The maximum atomic E-state index is 14.2. The summed E-state index contributed by atoms with van der Waals surface area (Å²) in [6.07, 6.45) is 0.125. The zero-order valence-corrected chi connectivity index (χ0v) is 18.1. The first kappa shape index (κ1) is 23.7. The van der Waals surface area contributed by atoms with Crippen LogP contribution in [0.1, 0.15) is 31.1 Å². The number of carbonyl (C=O) groups excluding carboxylic acids is 2. The van der Waals surface area contributed by atoms with Crippen LogP contribution in [-0.4, -0.2) is 48.8 Å². The van der Waals surface area contributed by atoms with Gasteiger partial charge in [-0.15, -0.1) is 0 Å². The van der Waals surface area contributed by atoms with Crippen LogP contribution in [0.15, 0.2) is 41.4 Å². The molecule has 0 aliphatic carbocycles. The fraction of sp³-hybridized carbons (Fsp3) is 0.316. The van der Waals surface area contributed by atoms with Crippen molar-refractivity contribution in [3.05, 3.63) is 53.1 Å². The van der Waals surface area contributed by atoms with Gasteiger partial charge in [-0.2, -0.15) is 4.31 Å². The fourth-order valence-corrected chi connectivity index (χ4v) is 4.18. The van der Waals surface area contributed by atoms with Crippen molar-refractivity contribution in [1.82, 2.24) is 9.29 Å². The summed E-state index contributed by atoms with van der Waals surface area (Å²) in [6.45, 7) is 5.03. The van der Waals surface area contributed by atoms with Crippen molar-refractivity contribution in [2.45, 2.75) is 31.8 Å². The van der Waals surface area contributed by atoms with Gasteiger partial charge in [0.2, 0.25) is 10.0 Å². The second kappa shape index (κ2) is 9.96. The molecule has 0 aliphatic heterocycles. The van der Waals surface area contributed by atoms with Crippen molar-refractivity contribution in [3.63, 3.8) is 0 Å². The molecule has 0 bridgehead atoms. The number of halogens is 2. The minimum absolute atomic E-state index is 0.0460. The largest absolute Gasteiger partial charge is 0.449 e. The Kier molecular flexibility index (Phi) is 7.88. The van der Waals surface area contributed by atoms with E-state index in [0.717, 1.165) is 18.2 Å². The number of amides is 1. The molecule has 162 valence electrons. The smallest absolute Gasteiger partial charge is 0.341 e. The predicted molar refractivity (Wildman–Crippen MR) is 109 cm³/mol. The van der Waals surface area contributed by atoms with Gasteiger partial charge in [-0.3, -0.25) is 4.79 Å². The lowest BCUT2D eigenvalue weighted by molar-refractivity contribution is -0.123. The van der Waals surface area contributed by atoms with Gasteiger partial charge in [-0.25, -0.2) is 22.6 Å². The van der Waals surface area contributed by atoms with Crippen molar-refractivity contribution in [1.29, 1.82) is 0 Å². The van der Waals surface area contributed by atoms with Crippen LogP contribution in [-0.2, 0) is 19.6 Å². The number of benzene rings is 1. The summed E-state index contributed by atoms with van der Waals surface area (Å²) in [5, 5.41) is 2.49. The second-order valence-electron chi connectivity index (χ2n) is 6.11. The number of esters is 1. The molecule has 2 aromatic rings. The van der Waals surface area contributed by atoms with Crippen molar-refractivity contribution in [3.8, 4) is 0 Å². The monoisotopic (exact) mass is 457 g/mol. The minimum atomic E-state index is -3.91. The van der Waals surface area contributed by atoms with Crippen LogP contribution in [0.2, 0.25) is 5.15 Å². The maximum absolute atomic E-state index is 14.2. The van der Waals surface area contributed by atoms with E-state index in [1.54, 1.807) is 19.9 Å². The van der Waals surface area contributed by atoms with Crippen LogP contribution in [0.4, 0.5) is 10.1 Å². The predicted octanol–water partition coefficient (Wildman–Crippen LogP) is 3.09. The molecule has 1 heterocycles. The Hall–Kier alpha value is -2.56. The summed E-state index contributed by atoms with van der Waals surface area (Å²) in [5.41, 5.74) is -0.382. The highest BCUT2D eigenvalue weighted by atomic mass is 35.5. The van der Waals surface area contributed by atoms with Crippen LogP contribution in [0.3, 0.4) is 0 Å². The number of ether oxygens (including phenoxy) is 1. The summed E-state index contributed by atoms with van der Waals surface area (Å²) in [7, 11) is -3.91. The molecule has 11 heteroatoms. The molecule has 8 nitrogen and oxygen atoms in total. The molecule has 0 radical (unpaired) electrons. The number of carbonyl (C=O) groups is 2. The number of nitrogens with zero attached hydrogens (tertiary/aromatic N) is 2. The topological polar surface area (TPSA) is 106 Å². The van der Waals surface area contributed by atoms with Gasteiger partial charge < -0.3 is 10.1 Å². The van der Waals surface area contributed by atoms with E-state index < -0.39 is 39.4 Å². The van der Waals surface area contributed by atoms with E-state index >= 15 is 0 Å². The molecule has 1 N–H and O–H groups in total. The Labute approximate surface area is 179 Å². The summed E-state index contributed by atoms with van der Waals surface area (Å²) in [6, 6.07) is 5.89. The highest BCUT2D eigenvalue weighted by molar-refractivity contribution is 7.89. The molecule has 1 unspecified atom stereocenters. The van der Waals surface area contributed by atoms with E-state index in [9.17, 15) is 22.4 Å². The molecule has 1 atom stereocenters. The van der Waals surface area contributed by atoms with Crippen LogP contribution >= 0.6 is 11.6 Å². The zero-order chi connectivity index (χ0) is 22.5. The summed E-state index contributed by atoms with van der Waals surface area (Å²) in [4.78, 5) is 28.2. The quantitative estimate of drug-likeness (QED) is 0.482. The van der Waals surface area contributed by atoms with Crippen LogP contribution in [0.5, 0.6) is 0 Å². The number of sulfonamides is 1. The molecule has 0 saturated heterocycles. The summed E-state index contributed by atoms with van der Waals surface area (Å²) in [5.74, 6) is -2.86. The number of nitrogens with one attached hydrogen (secondary N) is 1. The van der Waals surface area contributed by atoms with Gasteiger partial charge >= 0.3 is 5.97 Å². The molecule has 1 aromatic carbocycles. The van der Waals surface area contributed by atoms with E-state index in [2.05, 4.69) is 10.3 Å². The van der Waals surface area contributed by atoms with Crippen LogP contribution in [0.25, 0.3) is 0 Å². The average Bonchev–Trinajstić information content (AvgIpc) is 2.70. The third-order valence-electron chi connectivity index (χ3n) is 4.17. The maximum Gasteiger partial charge on any atom is 0.341 e. The van der Waals surface area contributed by atoms with E-state index in [0.29, 0.717) is 0 Å². The van der Waals surface area contributed by atoms with Gasteiger partial charge in [0.15, 0.2) is 11.3 Å². The van der Waals surface area contributed by atoms with Gasteiger partial charge in [0.05, 0.1) is 16.1 Å². The van der Waals surface area contributed by atoms with E-state index in [1.807, 2.05) is 0 Å². The highest BCUT2D eigenvalue weighted by Crippen LogP contribution is 2.21. The third kappa shape index (κ3) is 5.32. The Morgan fingerprint density at radius 3 is 2.53 bits per heavy atom. The van der Waals surface area contributed by atoms with Crippen molar-refractivity contribution in [2.24, 2.45) is 0 Å². The first-order chi connectivity index (χ1) is 14.1. The number of hydrogen-bond donors (Lipinski definition) is 1. The Bertz CT molecular complexity index is 1040. The third-order valence-corrected chi connectivity index (χ3v) is 6.52. The molecule has 1 amide bonds. The molecule has 0 saturated carbocycles. The number of aromatic nitrogens is 1. The van der Waals surface area contributed by atoms with E-state index in [4.69, 9.17) is 16.3 Å². The van der Waals surface area contributed by atoms with Gasteiger partial charge in [0.25, 0.3) is 5.91 Å². The van der Waals surface area contributed by atoms with Crippen molar-refractivity contribution < 1.29 is 27.1 Å². The zero-order valence-electron chi connectivity index (χ0n) is 16.6. The number of anilines is 1. The highest BCUT2D eigenvalue weighted by Gasteiger charge is 2.26. The normalized spacial score (nSPS) is 12.5. The lowest BCUT2D eigenvalue weighted by Gasteiger charge is -2.19. The molecule has 1 aromatic heterocycles. The van der Waals surface area contributed by atoms with Crippen LogP contribution < -0.4 is 5.32 Å². The molecule has 30 heavy (non-hydrogen) atoms. The molecule has 2 rings (SSSR count). The standard InChI is InChI=1S/C19H21ClFN3O5S/c1-4-24(5-2)30(27,28)13-8-9-15(21)14(11-13)19(26)29-12(3)18(25)23-16-7-6-10-22-17(16)20/h6-12H,4-5H2,1-3H3,(H,23,25). The number of pyridine rings is 1. The summed E-state index contributed by atoms with van der Waals surface area (Å²) < 4.78 is 45.6.